The zero-order valence-electron chi connectivity index (χ0n) is 9.75. The first-order valence-corrected chi connectivity index (χ1v) is 5.27. The van der Waals surface area contributed by atoms with E-state index in [1.165, 1.54) is 13.2 Å². The molecule has 1 rings (SSSR count). The number of nitrogens with two attached hydrogens (primary N) is 1. The van der Waals surface area contributed by atoms with Crippen LogP contribution in [-0.4, -0.2) is 20.8 Å². The number of hydrogen-bond donors (Lipinski definition) is 1. The van der Waals surface area contributed by atoms with Crippen molar-refractivity contribution in [1.29, 1.82) is 0 Å². The molecule has 0 fully saturated rings. The molecule has 0 bridgehead atoms. The van der Waals surface area contributed by atoms with Gasteiger partial charge in [0.1, 0.15) is 0 Å². The highest BCUT2D eigenvalue weighted by Crippen LogP contribution is 2.25. The van der Waals surface area contributed by atoms with E-state index in [0.29, 0.717) is 25.3 Å². The van der Waals surface area contributed by atoms with E-state index in [4.69, 9.17) is 15.2 Å². The van der Waals surface area contributed by atoms with Crippen molar-refractivity contribution in [3.8, 4) is 5.75 Å². The van der Waals surface area contributed by atoms with E-state index in [9.17, 15) is 4.39 Å². The molecule has 0 amide bonds. The summed E-state index contributed by atoms with van der Waals surface area (Å²) in [6.07, 6.45) is 1.53. The molecule has 4 heteroatoms. The van der Waals surface area contributed by atoms with Gasteiger partial charge in [-0.25, -0.2) is 4.39 Å². The Kier molecular flexibility index (Phi) is 5.22. The third-order valence-corrected chi connectivity index (χ3v) is 2.35. The van der Waals surface area contributed by atoms with Crippen LogP contribution in [-0.2, 0) is 17.8 Å². The SMILES string of the molecule is COCc1cc(F)c(OC)c(CCCN)c1. The van der Waals surface area contributed by atoms with Crippen LogP contribution in [0.1, 0.15) is 17.5 Å². The minimum Gasteiger partial charge on any atom is -0.493 e. The van der Waals surface area contributed by atoms with Gasteiger partial charge in [0.2, 0.25) is 0 Å². The highest BCUT2D eigenvalue weighted by Gasteiger charge is 2.11. The van der Waals surface area contributed by atoms with E-state index < -0.39 is 0 Å². The van der Waals surface area contributed by atoms with Crippen LogP contribution >= 0.6 is 0 Å². The van der Waals surface area contributed by atoms with Gasteiger partial charge in [-0.1, -0.05) is 0 Å². The summed E-state index contributed by atoms with van der Waals surface area (Å²) in [5.41, 5.74) is 7.10. The van der Waals surface area contributed by atoms with E-state index in [2.05, 4.69) is 0 Å². The molecular formula is C12H18FNO2. The highest BCUT2D eigenvalue weighted by molar-refractivity contribution is 5.38. The van der Waals surface area contributed by atoms with Gasteiger partial charge in [-0.3, -0.25) is 0 Å². The first-order valence-electron chi connectivity index (χ1n) is 5.27. The van der Waals surface area contributed by atoms with Gasteiger partial charge >= 0.3 is 0 Å². The molecule has 0 aromatic heterocycles. The summed E-state index contributed by atoms with van der Waals surface area (Å²) in [4.78, 5) is 0. The Morgan fingerprint density at radius 1 is 1.31 bits per heavy atom. The standard InChI is InChI=1S/C12H18FNO2/c1-15-8-9-6-10(4-3-5-14)12(16-2)11(13)7-9/h6-7H,3-5,8,14H2,1-2H3. The summed E-state index contributed by atoms with van der Waals surface area (Å²) < 4.78 is 23.7. The van der Waals surface area contributed by atoms with Gasteiger partial charge in [-0.05, 0) is 42.6 Å². The van der Waals surface area contributed by atoms with Crippen molar-refractivity contribution < 1.29 is 13.9 Å². The fourth-order valence-corrected chi connectivity index (χ4v) is 1.67. The Labute approximate surface area is 95.4 Å². The third-order valence-electron chi connectivity index (χ3n) is 2.35. The van der Waals surface area contributed by atoms with Crippen LogP contribution < -0.4 is 10.5 Å². The Morgan fingerprint density at radius 2 is 2.06 bits per heavy atom. The number of methoxy groups -OCH3 is 2. The molecule has 0 spiro atoms. The average molecular weight is 227 g/mol. The number of aryl methyl sites for hydroxylation is 1. The maximum Gasteiger partial charge on any atom is 0.165 e. The summed E-state index contributed by atoms with van der Waals surface area (Å²) in [7, 11) is 3.06. The Bertz CT molecular complexity index is 342. The van der Waals surface area contributed by atoms with Crippen LogP contribution in [0.4, 0.5) is 4.39 Å². The Hall–Kier alpha value is -1.13. The number of rotatable bonds is 6. The quantitative estimate of drug-likeness (QED) is 0.807. The van der Waals surface area contributed by atoms with Crippen LogP contribution in [0.25, 0.3) is 0 Å². The molecule has 0 saturated heterocycles. The molecule has 2 N–H and O–H groups in total. The summed E-state index contributed by atoms with van der Waals surface area (Å²) in [5, 5.41) is 0. The molecule has 1 aromatic rings. The third kappa shape index (κ3) is 3.18. The number of halogens is 1. The second-order valence-corrected chi connectivity index (χ2v) is 3.60. The second kappa shape index (κ2) is 6.45. The van der Waals surface area contributed by atoms with E-state index >= 15 is 0 Å². The van der Waals surface area contributed by atoms with E-state index in [-0.39, 0.29) is 5.82 Å². The summed E-state index contributed by atoms with van der Waals surface area (Å²) in [6, 6.07) is 3.34. The maximum atomic E-state index is 13.6. The predicted octanol–water partition coefficient (Wildman–Crippen LogP) is 1.87. The van der Waals surface area contributed by atoms with Crippen molar-refractivity contribution in [2.24, 2.45) is 5.73 Å². The Balaban J connectivity index is 2.99. The lowest BCUT2D eigenvalue weighted by atomic mass is 10.0. The highest BCUT2D eigenvalue weighted by atomic mass is 19.1. The van der Waals surface area contributed by atoms with Crippen molar-refractivity contribution in [3.63, 3.8) is 0 Å². The molecule has 3 nitrogen and oxygen atoms in total. The second-order valence-electron chi connectivity index (χ2n) is 3.60. The molecular weight excluding hydrogens is 209 g/mol. The molecule has 1 aromatic carbocycles. The van der Waals surface area contributed by atoms with Gasteiger partial charge in [-0.2, -0.15) is 0 Å². The number of benzene rings is 1. The summed E-state index contributed by atoms with van der Waals surface area (Å²) in [6.45, 7) is 0.982. The molecule has 0 heterocycles. The lowest BCUT2D eigenvalue weighted by Gasteiger charge is -2.11. The fourth-order valence-electron chi connectivity index (χ4n) is 1.67. The van der Waals surface area contributed by atoms with Crippen molar-refractivity contribution in [3.05, 3.63) is 29.1 Å². The smallest absolute Gasteiger partial charge is 0.165 e. The minimum atomic E-state index is -0.343. The topological polar surface area (TPSA) is 44.5 Å². The predicted molar refractivity (Wildman–Crippen MR) is 61.0 cm³/mol. The maximum absolute atomic E-state index is 13.6. The fraction of sp³-hybridized carbons (Fsp3) is 0.500. The molecule has 0 radical (unpaired) electrons. The summed E-state index contributed by atoms with van der Waals surface area (Å²) >= 11 is 0. The zero-order valence-corrected chi connectivity index (χ0v) is 9.75. The van der Waals surface area contributed by atoms with Gasteiger partial charge in [0.05, 0.1) is 13.7 Å². The lowest BCUT2D eigenvalue weighted by Crippen LogP contribution is -2.04. The van der Waals surface area contributed by atoms with Gasteiger partial charge < -0.3 is 15.2 Å². The van der Waals surface area contributed by atoms with Crippen molar-refractivity contribution >= 4 is 0 Å². The van der Waals surface area contributed by atoms with E-state index in [1.807, 2.05) is 6.07 Å². The van der Waals surface area contributed by atoms with Crippen LogP contribution in [0.5, 0.6) is 5.75 Å². The Morgan fingerprint density at radius 3 is 2.62 bits per heavy atom. The van der Waals surface area contributed by atoms with Crippen LogP contribution in [0.2, 0.25) is 0 Å². The largest absolute Gasteiger partial charge is 0.493 e. The van der Waals surface area contributed by atoms with Gasteiger partial charge in [0, 0.05) is 7.11 Å². The summed E-state index contributed by atoms with van der Waals surface area (Å²) in [5.74, 6) is -0.0302. The molecule has 0 aliphatic rings. The molecule has 90 valence electrons. The van der Waals surface area contributed by atoms with Crippen molar-refractivity contribution in [2.75, 3.05) is 20.8 Å². The van der Waals surface area contributed by atoms with Crippen molar-refractivity contribution in [2.45, 2.75) is 19.4 Å². The number of ether oxygens (including phenoxy) is 2. The molecule has 0 saturated carbocycles. The minimum absolute atomic E-state index is 0.313. The van der Waals surface area contributed by atoms with Gasteiger partial charge in [-0.15, -0.1) is 0 Å². The average Bonchev–Trinajstić information content (AvgIpc) is 2.26. The zero-order chi connectivity index (χ0) is 12.0. The van der Waals surface area contributed by atoms with E-state index in [0.717, 1.165) is 17.5 Å². The van der Waals surface area contributed by atoms with E-state index in [1.54, 1.807) is 7.11 Å². The molecule has 0 atom stereocenters. The number of hydrogen-bond acceptors (Lipinski definition) is 3. The first-order chi connectivity index (χ1) is 7.72. The van der Waals surface area contributed by atoms with Crippen molar-refractivity contribution in [1.82, 2.24) is 0 Å². The molecule has 0 aliphatic carbocycles. The first kappa shape index (κ1) is 12.9. The molecule has 0 aliphatic heterocycles. The van der Waals surface area contributed by atoms with Gasteiger partial charge in [0.25, 0.3) is 0 Å². The lowest BCUT2D eigenvalue weighted by molar-refractivity contribution is 0.184. The molecule has 16 heavy (non-hydrogen) atoms. The van der Waals surface area contributed by atoms with Gasteiger partial charge in [0.15, 0.2) is 11.6 Å². The van der Waals surface area contributed by atoms with Crippen LogP contribution in [0, 0.1) is 5.82 Å². The normalized spacial score (nSPS) is 10.5. The monoisotopic (exact) mass is 227 g/mol. The molecule has 0 unspecified atom stereocenters. The van der Waals surface area contributed by atoms with Crippen LogP contribution in [0.3, 0.4) is 0 Å². The van der Waals surface area contributed by atoms with Crippen LogP contribution in [0.15, 0.2) is 12.1 Å².